The number of fused-ring (bicyclic) bond motifs is 2. The van der Waals surface area contributed by atoms with Crippen molar-refractivity contribution in [2.45, 2.75) is 19.3 Å². The lowest BCUT2D eigenvalue weighted by Gasteiger charge is -2.35. The van der Waals surface area contributed by atoms with Gasteiger partial charge in [-0.2, -0.15) is 0 Å². The van der Waals surface area contributed by atoms with Crippen LogP contribution in [0.3, 0.4) is 0 Å². The van der Waals surface area contributed by atoms with Gasteiger partial charge in [0, 0.05) is 5.41 Å². The molecule has 0 saturated carbocycles. The lowest BCUT2D eigenvalue weighted by molar-refractivity contribution is 0.645. The van der Waals surface area contributed by atoms with E-state index in [0.717, 1.165) is 0 Å². The Morgan fingerprint density at radius 2 is 1.02 bits per heavy atom. The minimum atomic E-state index is -1.48. The maximum Gasteiger partial charge on any atom is 0.0636 e. The van der Waals surface area contributed by atoms with Crippen molar-refractivity contribution in [3.8, 4) is 44.5 Å². The molecule has 0 heterocycles. The smallest absolute Gasteiger partial charge is 0.0622 e. The minimum absolute atomic E-state index is 0.00625. The third-order valence-electron chi connectivity index (χ3n) is 8.76. The second-order valence-corrected chi connectivity index (χ2v) is 11.7. The summed E-state index contributed by atoms with van der Waals surface area (Å²) in [6.45, 7) is 3.13. The number of benzene rings is 9. The summed E-state index contributed by atoms with van der Waals surface area (Å²) in [4.78, 5) is 0. The predicted octanol–water partition coefficient (Wildman–Crippen LogP) is 13.0. The first-order valence-electron chi connectivity index (χ1n) is 27.1. The van der Waals surface area contributed by atoms with Gasteiger partial charge in [0.15, 0.2) is 0 Å². The summed E-state index contributed by atoms with van der Waals surface area (Å²) in [6, 6.07) is -17.9. The standard InChI is InChI=1S/C47H32/c1-47(2)42-26-21-34(28-41(42)38-15-7-11-30-12-8-16-43(47)44(30)38)33-13-6-14-35(27-33)37-23-18-32-19-24-39-36(29-9-4-3-5-10-29)22-17-31-20-25-40(37)46(32)45(31)39/h3-28H,1-2H3/i3D,4D,5D,6D,7D,8D,9D,10D,12D,13D,14D,15D,16D,17D,18D,19D,20D,21D,22D,23D,24D,25D,26D,27D,28D. The van der Waals surface area contributed by atoms with Crippen molar-refractivity contribution in [3.05, 3.63) is 168 Å². The van der Waals surface area contributed by atoms with Crippen molar-refractivity contribution in [2.24, 2.45) is 0 Å². The van der Waals surface area contributed by atoms with Crippen LogP contribution in [0.25, 0.3) is 87.6 Å². The zero-order valence-corrected chi connectivity index (χ0v) is 24.6. The van der Waals surface area contributed by atoms with Crippen molar-refractivity contribution in [1.82, 2.24) is 0 Å². The van der Waals surface area contributed by atoms with Crippen LogP contribution in [0.5, 0.6) is 0 Å². The van der Waals surface area contributed by atoms with Gasteiger partial charge in [-0.05, 0) is 111 Å². The lowest BCUT2D eigenvalue weighted by atomic mass is 9.68. The molecular weight excluding hydrogens is 565 g/mol. The molecule has 0 aromatic heterocycles. The third-order valence-corrected chi connectivity index (χ3v) is 8.76. The fourth-order valence-corrected chi connectivity index (χ4v) is 6.53. The first kappa shape index (κ1) is 11.8. The van der Waals surface area contributed by atoms with Crippen LogP contribution in [-0.4, -0.2) is 0 Å². The van der Waals surface area contributed by atoms with Crippen molar-refractivity contribution < 1.29 is 34.3 Å². The fraction of sp³-hybridized carbons (Fsp3) is 0.0638. The van der Waals surface area contributed by atoms with Crippen molar-refractivity contribution in [1.29, 1.82) is 0 Å². The second kappa shape index (κ2) is 9.64. The number of rotatable bonds is 3. The Hall–Kier alpha value is -5.72. The van der Waals surface area contributed by atoms with E-state index in [9.17, 15) is 16.4 Å². The molecule has 9 aromatic rings. The molecule has 47 heavy (non-hydrogen) atoms. The summed E-state index contributed by atoms with van der Waals surface area (Å²) in [7, 11) is 0. The topological polar surface area (TPSA) is 0 Å². The molecule has 1 aliphatic carbocycles. The molecule has 1 aliphatic rings. The van der Waals surface area contributed by atoms with Crippen LogP contribution in [0.4, 0.5) is 0 Å². The minimum Gasteiger partial charge on any atom is -0.0622 e. The van der Waals surface area contributed by atoms with Crippen LogP contribution in [0.15, 0.2) is 157 Å². The average Bonchev–Trinajstić information content (AvgIpc) is 3.32. The van der Waals surface area contributed by atoms with E-state index in [2.05, 4.69) is 0 Å². The predicted molar refractivity (Wildman–Crippen MR) is 202 cm³/mol. The molecular formula is C47H32. The monoisotopic (exact) mass is 621 g/mol. The summed E-state index contributed by atoms with van der Waals surface area (Å²) >= 11 is 0. The van der Waals surface area contributed by atoms with Gasteiger partial charge in [-0.15, -0.1) is 0 Å². The summed E-state index contributed by atoms with van der Waals surface area (Å²) in [5.74, 6) is 0. The van der Waals surface area contributed by atoms with E-state index in [1.165, 1.54) is 6.07 Å². The summed E-state index contributed by atoms with van der Waals surface area (Å²) in [5.41, 5.74) is -5.93. The molecule has 0 nitrogen and oxygen atoms in total. The molecule has 0 spiro atoms. The van der Waals surface area contributed by atoms with E-state index in [-0.39, 0.29) is 43.8 Å². The van der Waals surface area contributed by atoms with Gasteiger partial charge in [-0.1, -0.05) is 159 Å². The highest BCUT2D eigenvalue weighted by molar-refractivity contribution is 6.27. The van der Waals surface area contributed by atoms with Gasteiger partial charge in [0.1, 0.15) is 0 Å². The highest BCUT2D eigenvalue weighted by Gasteiger charge is 2.33. The van der Waals surface area contributed by atoms with Crippen LogP contribution in [0, 0.1) is 0 Å². The lowest BCUT2D eigenvalue weighted by Crippen LogP contribution is -2.23. The Kier molecular flexibility index (Phi) is 2.42. The summed E-state index contributed by atoms with van der Waals surface area (Å²) in [5, 5.41) is -2.71. The number of hydrogen-bond donors (Lipinski definition) is 0. The summed E-state index contributed by atoms with van der Waals surface area (Å²) in [6.07, 6.45) is 0. The van der Waals surface area contributed by atoms with E-state index in [1.54, 1.807) is 13.8 Å². The van der Waals surface area contributed by atoms with Crippen molar-refractivity contribution in [3.63, 3.8) is 0 Å². The fourth-order valence-electron chi connectivity index (χ4n) is 6.53. The Labute approximate surface area is 310 Å². The van der Waals surface area contributed by atoms with Crippen LogP contribution in [-0.2, 0) is 5.41 Å². The first-order chi connectivity index (χ1) is 33.5. The molecule has 0 atom stereocenters. The number of hydrogen-bond acceptors (Lipinski definition) is 0. The molecule has 0 heteroatoms. The van der Waals surface area contributed by atoms with E-state index in [0.29, 0.717) is 0 Å². The molecule has 10 rings (SSSR count). The Morgan fingerprint density at radius 1 is 0.383 bits per heavy atom. The normalized spacial score (nSPS) is 20.9. The van der Waals surface area contributed by atoms with Crippen LogP contribution < -0.4 is 0 Å². The molecule has 0 N–H and O–H groups in total. The van der Waals surface area contributed by atoms with Gasteiger partial charge in [0.05, 0.1) is 34.3 Å². The molecule has 0 unspecified atom stereocenters. The molecule has 0 saturated heterocycles. The Bertz CT molecular complexity index is 4090. The molecule has 0 fully saturated rings. The quantitative estimate of drug-likeness (QED) is 0.172. The van der Waals surface area contributed by atoms with Crippen LogP contribution in [0.2, 0.25) is 0 Å². The highest BCUT2D eigenvalue weighted by Crippen LogP contribution is 2.50. The van der Waals surface area contributed by atoms with Crippen molar-refractivity contribution in [2.75, 3.05) is 0 Å². The van der Waals surface area contributed by atoms with Gasteiger partial charge >= 0.3 is 0 Å². The molecule has 220 valence electrons. The maximum absolute atomic E-state index is 9.83. The zero-order chi connectivity index (χ0) is 53.0. The van der Waals surface area contributed by atoms with Crippen LogP contribution in [0.1, 0.15) is 59.2 Å². The molecule has 9 aromatic carbocycles. The van der Waals surface area contributed by atoms with Gasteiger partial charge in [-0.3, -0.25) is 0 Å². The molecule has 0 bridgehead atoms. The van der Waals surface area contributed by atoms with Gasteiger partial charge in [0.2, 0.25) is 0 Å². The average molecular weight is 622 g/mol. The van der Waals surface area contributed by atoms with E-state index < -0.39 is 211 Å². The highest BCUT2D eigenvalue weighted by atomic mass is 14.4. The van der Waals surface area contributed by atoms with Crippen molar-refractivity contribution >= 4 is 43.1 Å². The third kappa shape index (κ3) is 3.76. The van der Waals surface area contributed by atoms with E-state index in [4.69, 9.17) is 17.8 Å². The SMILES string of the molecule is [2H]c1cc2c([2H])c([2H])c([2H])c3c2c(c1[2H])-c1c([2H])c(-c2c([2H])c([2H])c([2H])c(-c4c([2H])c([2H])c5c([2H])c([2H])c6c(-c7c([2H])c([2H])c([2H])c([2H])c7[2H])c([2H])c([2H])c7c([2H])c([2H])c4c5c76)c2[2H])c([2H])c([2H])c1C3(C)C. The second-order valence-electron chi connectivity index (χ2n) is 11.7. The van der Waals surface area contributed by atoms with Gasteiger partial charge < -0.3 is 0 Å². The van der Waals surface area contributed by atoms with E-state index in [1.807, 2.05) is 0 Å². The first-order valence-corrected chi connectivity index (χ1v) is 14.6. The summed E-state index contributed by atoms with van der Waals surface area (Å²) < 4.78 is 227. The largest absolute Gasteiger partial charge is 0.0636 e. The molecule has 0 aliphatic heterocycles. The Balaban J connectivity index is 1.40. The van der Waals surface area contributed by atoms with E-state index >= 15 is 0 Å². The zero-order valence-electron chi connectivity index (χ0n) is 49.6. The molecule has 0 amide bonds. The van der Waals surface area contributed by atoms with Gasteiger partial charge in [0.25, 0.3) is 0 Å². The molecule has 0 radical (unpaired) electrons. The maximum atomic E-state index is 9.83. The Morgan fingerprint density at radius 3 is 1.79 bits per heavy atom. The van der Waals surface area contributed by atoms with Crippen LogP contribution >= 0.6 is 0 Å². The van der Waals surface area contributed by atoms with Gasteiger partial charge in [-0.25, -0.2) is 0 Å².